The van der Waals surface area contributed by atoms with E-state index in [1.54, 1.807) is 18.2 Å². The number of nitrogens with one attached hydrogen (secondary N) is 1. The number of H-pyrrole nitrogens is 1. The van der Waals surface area contributed by atoms with Gasteiger partial charge in [-0.25, -0.2) is 9.36 Å². The molecule has 1 aromatic heterocycles. The zero-order valence-corrected chi connectivity index (χ0v) is 16.0. The molecular formula is C16H16ClN2O9P. The fraction of sp³-hybridized carbons (Fsp3) is 0.375. The van der Waals surface area contributed by atoms with Gasteiger partial charge in [0.2, 0.25) is 0 Å². The third kappa shape index (κ3) is 3.78. The van der Waals surface area contributed by atoms with Gasteiger partial charge in [-0.1, -0.05) is 29.8 Å². The molecule has 3 heterocycles. The van der Waals surface area contributed by atoms with Gasteiger partial charge in [0, 0.05) is 17.8 Å². The predicted octanol–water partition coefficient (Wildman–Crippen LogP) is 0.456. The summed E-state index contributed by atoms with van der Waals surface area (Å²) in [4.78, 5) is 25.2. The molecule has 0 aliphatic carbocycles. The average Bonchev–Trinajstić information content (AvgIpc) is 2.89. The minimum absolute atomic E-state index is 0.101. The zero-order valence-electron chi connectivity index (χ0n) is 17.4. The Morgan fingerprint density at radius 2 is 2.17 bits per heavy atom. The highest BCUT2D eigenvalue weighted by atomic mass is 35.5. The van der Waals surface area contributed by atoms with Gasteiger partial charge >= 0.3 is 13.5 Å². The monoisotopic (exact) mass is 449 g/mol. The largest absolute Gasteiger partial charge is 0.530 e. The Labute approximate surface area is 172 Å². The molecule has 13 heteroatoms. The summed E-state index contributed by atoms with van der Waals surface area (Å²) < 4.78 is 58.2. The second-order valence-electron chi connectivity index (χ2n) is 6.07. The fourth-order valence-corrected chi connectivity index (χ4v) is 4.04. The average molecular weight is 450 g/mol. The number of halogens is 1. The lowest BCUT2D eigenvalue weighted by Gasteiger charge is -2.29. The maximum atomic E-state index is 12.9. The van der Waals surface area contributed by atoms with Crippen LogP contribution in [0.25, 0.3) is 0 Å². The number of para-hydroxylation sites is 1. The minimum Gasteiger partial charge on any atom is -0.404 e. The van der Waals surface area contributed by atoms with Gasteiger partial charge < -0.3 is 19.5 Å². The van der Waals surface area contributed by atoms with Crippen LogP contribution in [0.4, 0.5) is 0 Å². The number of hydrogen-bond acceptors (Lipinski definition) is 9. The van der Waals surface area contributed by atoms with Crippen molar-refractivity contribution < 1.29 is 37.2 Å². The third-order valence-electron chi connectivity index (χ3n) is 4.10. The molecule has 1 fully saturated rings. The van der Waals surface area contributed by atoms with Crippen molar-refractivity contribution >= 4 is 19.4 Å². The van der Waals surface area contributed by atoms with Gasteiger partial charge in [0.1, 0.15) is 24.5 Å². The first-order chi connectivity index (χ1) is 14.8. The lowest BCUT2D eigenvalue weighted by molar-refractivity contribution is -0.0786. The van der Waals surface area contributed by atoms with E-state index in [1.807, 2.05) is 4.98 Å². The SMILES string of the molecule is [2H]C([2H])(OP1(=O)OCc2ccccc2O1)[C@@]1(Cl)O[C@@]([2H])(n2ccc(=O)[nH]c2=O)[C@H](O)[C@@H]1O. The number of ether oxygens (including phenoxy) is 1. The van der Waals surface area contributed by atoms with E-state index < -0.39 is 49.1 Å². The van der Waals surface area contributed by atoms with E-state index in [1.165, 1.54) is 6.07 Å². The Morgan fingerprint density at radius 1 is 1.41 bits per heavy atom. The maximum absolute atomic E-state index is 12.9. The predicted molar refractivity (Wildman–Crippen MR) is 97.5 cm³/mol. The van der Waals surface area contributed by atoms with Crippen LogP contribution in [0.2, 0.25) is 0 Å². The van der Waals surface area contributed by atoms with E-state index in [2.05, 4.69) is 0 Å². The lowest BCUT2D eigenvalue weighted by Crippen LogP contribution is -2.42. The van der Waals surface area contributed by atoms with Gasteiger partial charge in [-0.05, 0) is 6.07 Å². The van der Waals surface area contributed by atoms with Gasteiger partial charge in [0.05, 0.1) is 10.7 Å². The Morgan fingerprint density at radius 3 is 2.93 bits per heavy atom. The number of hydrogen-bond donors (Lipinski definition) is 3. The normalized spacial score (nSPS) is 38.4. The molecule has 2 aliphatic rings. The second kappa shape index (κ2) is 7.37. The van der Waals surface area contributed by atoms with Crippen LogP contribution in [0, 0.1) is 0 Å². The highest BCUT2D eigenvalue weighted by molar-refractivity contribution is 7.49. The molecule has 2 aliphatic heterocycles. The standard InChI is InChI=1S/C16H16ClN2O9P/c17-16(8-26-29(24)25-7-9-3-1-2-4-10(9)28-29)13(22)12(21)14(27-16)19-6-5-11(20)18-15(19)23/h1-6,12-14,21-22H,7-8H2,(H,18,20,23)/t12-,13+,14-,16-,29?/m1/s1/i8D2,14D. The van der Waals surface area contributed by atoms with E-state index in [0.717, 1.165) is 12.3 Å². The molecule has 2 aromatic rings. The number of phosphoric acid groups is 1. The van der Waals surface area contributed by atoms with Crippen molar-refractivity contribution in [2.75, 3.05) is 6.56 Å². The first-order valence-electron chi connectivity index (χ1n) is 9.62. The summed E-state index contributed by atoms with van der Waals surface area (Å²) in [5.41, 5.74) is -1.51. The number of alkyl halides is 1. The van der Waals surface area contributed by atoms with Crippen molar-refractivity contribution in [3.8, 4) is 5.75 Å². The third-order valence-corrected chi connectivity index (χ3v) is 5.66. The molecule has 0 saturated carbocycles. The summed E-state index contributed by atoms with van der Waals surface area (Å²) in [6.07, 6.45) is -6.79. The summed E-state index contributed by atoms with van der Waals surface area (Å²) >= 11 is 6.14. The van der Waals surface area contributed by atoms with E-state index in [0.29, 0.717) is 10.1 Å². The van der Waals surface area contributed by atoms with Crippen molar-refractivity contribution in [2.45, 2.75) is 30.1 Å². The number of aliphatic hydroxyl groups is 2. The topological polar surface area (TPSA) is 149 Å². The first kappa shape index (κ1) is 16.8. The number of nitrogens with zero attached hydrogens (tertiary/aromatic N) is 1. The molecule has 156 valence electrons. The smallest absolute Gasteiger partial charge is 0.404 e. The summed E-state index contributed by atoms with van der Waals surface area (Å²) in [6.45, 7) is -3.65. The number of benzene rings is 1. The van der Waals surface area contributed by atoms with Crippen LogP contribution in [0.5, 0.6) is 5.75 Å². The van der Waals surface area contributed by atoms with Gasteiger partial charge in [-0.3, -0.25) is 23.4 Å². The van der Waals surface area contributed by atoms with Crippen LogP contribution in [0.15, 0.2) is 46.1 Å². The summed E-state index contributed by atoms with van der Waals surface area (Å²) in [5.74, 6) is 0.101. The van der Waals surface area contributed by atoms with Crippen molar-refractivity contribution in [2.24, 2.45) is 0 Å². The highest BCUT2D eigenvalue weighted by Gasteiger charge is 2.56. The van der Waals surface area contributed by atoms with Crippen molar-refractivity contribution in [3.63, 3.8) is 0 Å². The Bertz CT molecular complexity index is 1230. The Kier molecular flexibility index (Phi) is 4.26. The van der Waals surface area contributed by atoms with Crippen molar-refractivity contribution in [1.29, 1.82) is 0 Å². The number of aromatic nitrogens is 2. The molecule has 29 heavy (non-hydrogen) atoms. The first-order valence-corrected chi connectivity index (χ1v) is 9.96. The molecular weight excluding hydrogens is 431 g/mol. The number of aliphatic hydroxyl groups excluding tert-OH is 2. The molecule has 1 aromatic carbocycles. The van der Waals surface area contributed by atoms with Crippen molar-refractivity contribution in [1.82, 2.24) is 9.55 Å². The lowest BCUT2D eigenvalue weighted by atomic mass is 10.1. The summed E-state index contributed by atoms with van der Waals surface area (Å²) in [5, 5.41) is 17.8. The number of phosphoric ester groups is 1. The molecule has 5 atom stereocenters. The van der Waals surface area contributed by atoms with E-state index in [-0.39, 0.29) is 12.4 Å². The summed E-state index contributed by atoms with van der Waals surface area (Å²) in [6, 6.07) is 7.14. The molecule has 0 bridgehead atoms. The molecule has 4 rings (SSSR count). The molecule has 1 saturated heterocycles. The number of fused-ring (bicyclic) bond motifs is 1. The summed E-state index contributed by atoms with van der Waals surface area (Å²) in [7, 11) is -4.65. The molecule has 11 nitrogen and oxygen atoms in total. The fourth-order valence-electron chi connectivity index (χ4n) is 2.65. The van der Waals surface area contributed by atoms with E-state index in [9.17, 15) is 24.4 Å². The minimum atomic E-state index is -4.65. The van der Waals surface area contributed by atoms with Crippen LogP contribution in [-0.2, 0) is 25.0 Å². The Hall–Kier alpha value is -1.98. The van der Waals surface area contributed by atoms with E-state index in [4.69, 9.17) is 34.0 Å². The van der Waals surface area contributed by atoms with Crippen LogP contribution in [0.1, 0.15) is 15.9 Å². The molecule has 3 N–H and O–H groups in total. The molecule has 1 unspecified atom stereocenters. The van der Waals surface area contributed by atoms with Gasteiger partial charge in [-0.2, -0.15) is 0 Å². The molecule has 0 radical (unpaired) electrons. The second-order valence-corrected chi connectivity index (χ2v) is 8.15. The van der Waals surface area contributed by atoms with Crippen LogP contribution < -0.4 is 15.8 Å². The maximum Gasteiger partial charge on any atom is 0.530 e. The van der Waals surface area contributed by atoms with Gasteiger partial charge in [-0.15, -0.1) is 0 Å². The molecule has 0 spiro atoms. The molecule has 0 amide bonds. The van der Waals surface area contributed by atoms with Gasteiger partial charge in [0.25, 0.3) is 5.56 Å². The van der Waals surface area contributed by atoms with E-state index >= 15 is 0 Å². The quantitative estimate of drug-likeness (QED) is 0.446. The van der Waals surface area contributed by atoms with Crippen LogP contribution in [-0.4, -0.2) is 43.6 Å². The zero-order chi connectivity index (χ0) is 23.5. The highest BCUT2D eigenvalue weighted by Crippen LogP contribution is 2.55. The number of aromatic amines is 1. The Balaban J connectivity index is 1.67. The van der Waals surface area contributed by atoms with Crippen molar-refractivity contribution in [3.05, 3.63) is 62.9 Å². The number of rotatable bonds is 4. The van der Waals surface area contributed by atoms with Crippen LogP contribution >= 0.6 is 19.4 Å². The van der Waals surface area contributed by atoms with Crippen LogP contribution in [0.3, 0.4) is 0 Å². The van der Waals surface area contributed by atoms with Gasteiger partial charge in [0.15, 0.2) is 11.3 Å².